The van der Waals surface area contributed by atoms with Crippen molar-refractivity contribution in [3.8, 4) is 0 Å². The lowest BCUT2D eigenvalue weighted by Crippen LogP contribution is -2.23. The zero-order chi connectivity index (χ0) is 11.0. The molecule has 0 radical (unpaired) electrons. The number of nitrogens with one attached hydrogen (secondary N) is 1. The quantitative estimate of drug-likeness (QED) is 0.234. The third-order valence-electron chi connectivity index (χ3n) is 1.56. The second kappa shape index (κ2) is 7.43. The Hall–Kier alpha value is 0.130. The van der Waals surface area contributed by atoms with E-state index in [1.165, 1.54) is 10.8 Å². The standard InChI is InChI=1S/C9H19NO2S2/c1-4-10-7-5-6-8(11)12-9(2,3)14-13/h10,13H,4-7H2,1-3H3. The van der Waals surface area contributed by atoms with Gasteiger partial charge in [0.05, 0.1) is 0 Å². The maximum atomic E-state index is 11.3. The number of rotatable bonds is 7. The van der Waals surface area contributed by atoms with Crippen LogP contribution in [0.1, 0.15) is 33.6 Å². The number of ether oxygens (including phenoxy) is 1. The summed E-state index contributed by atoms with van der Waals surface area (Å²) in [6.07, 6.45) is 1.28. The van der Waals surface area contributed by atoms with Gasteiger partial charge in [0.1, 0.15) is 0 Å². The Morgan fingerprint density at radius 1 is 1.57 bits per heavy atom. The summed E-state index contributed by atoms with van der Waals surface area (Å²) in [7, 11) is 1.23. The molecule has 0 fully saturated rings. The Morgan fingerprint density at radius 3 is 2.71 bits per heavy atom. The minimum atomic E-state index is -0.529. The van der Waals surface area contributed by atoms with Crippen LogP contribution in [0.5, 0.6) is 0 Å². The van der Waals surface area contributed by atoms with Gasteiger partial charge in [-0.3, -0.25) is 4.79 Å². The van der Waals surface area contributed by atoms with Crippen molar-refractivity contribution in [1.29, 1.82) is 0 Å². The first-order chi connectivity index (χ1) is 6.52. The van der Waals surface area contributed by atoms with Gasteiger partial charge < -0.3 is 10.1 Å². The second-order valence-electron chi connectivity index (χ2n) is 3.42. The second-order valence-corrected chi connectivity index (χ2v) is 5.14. The van der Waals surface area contributed by atoms with E-state index in [-0.39, 0.29) is 5.97 Å². The van der Waals surface area contributed by atoms with Crippen LogP contribution < -0.4 is 5.32 Å². The van der Waals surface area contributed by atoms with Gasteiger partial charge in [-0.15, -0.1) is 11.7 Å². The highest BCUT2D eigenvalue weighted by Crippen LogP contribution is 2.28. The van der Waals surface area contributed by atoms with Crippen molar-refractivity contribution in [2.24, 2.45) is 0 Å². The molecule has 0 amide bonds. The Morgan fingerprint density at radius 2 is 2.21 bits per heavy atom. The summed E-state index contributed by atoms with van der Waals surface area (Å²) in [5.41, 5.74) is 0. The van der Waals surface area contributed by atoms with Gasteiger partial charge in [-0.2, -0.15) is 0 Å². The Kier molecular flexibility index (Phi) is 7.49. The number of hydrogen-bond donors (Lipinski definition) is 2. The molecule has 0 aromatic heterocycles. The molecule has 0 unspecified atom stereocenters. The van der Waals surface area contributed by atoms with Crippen LogP contribution in [-0.4, -0.2) is 24.0 Å². The Balaban J connectivity index is 3.55. The molecule has 0 aromatic carbocycles. The largest absolute Gasteiger partial charge is 0.448 e. The SMILES string of the molecule is CCNCCCC(=O)OC(C)(C)SS. The first-order valence-electron chi connectivity index (χ1n) is 4.77. The zero-order valence-corrected chi connectivity index (χ0v) is 10.7. The number of thiol groups is 1. The monoisotopic (exact) mass is 237 g/mol. The fourth-order valence-electron chi connectivity index (χ4n) is 0.878. The van der Waals surface area contributed by atoms with Gasteiger partial charge in [-0.25, -0.2) is 0 Å². The molecule has 0 atom stereocenters. The van der Waals surface area contributed by atoms with Gasteiger partial charge >= 0.3 is 5.97 Å². The van der Waals surface area contributed by atoms with Crippen molar-refractivity contribution in [2.75, 3.05) is 13.1 Å². The van der Waals surface area contributed by atoms with Gasteiger partial charge in [0.2, 0.25) is 0 Å². The topological polar surface area (TPSA) is 38.3 Å². The average molecular weight is 237 g/mol. The van der Waals surface area contributed by atoms with Crippen molar-refractivity contribution in [1.82, 2.24) is 5.32 Å². The van der Waals surface area contributed by atoms with E-state index in [1.54, 1.807) is 0 Å². The lowest BCUT2D eigenvalue weighted by molar-refractivity contribution is -0.149. The fraction of sp³-hybridized carbons (Fsp3) is 0.889. The molecule has 0 heterocycles. The summed E-state index contributed by atoms with van der Waals surface area (Å²) in [4.78, 5) is 10.8. The molecular formula is C9H19NO2S2. The molecule has 0 aliphatic rings. The summed E-state index contributed by atoms with van der Waals surface area (Å²) in [6.45, 7) is 7.49. The van der Waals surface area contributed by atoms with Gasteiger partial charge in [0, 0.05) is 6.42 Å². The summed E-state index contributed by atoms with van der Waals surface area (Å²) >= 11 is 4.03. The smallest absolute Gasteiger partial charge is 0.307 e. The molecule has 0 saturated carbocycles. The van der Waals surface area contributed by atoms with Crippen molar-refractivity contribution in [2.45, 2.75) is 38.5 Å². The highest BCUT2D eigenvalue weighted by atomic mass is 33.1. The maximum absolute atomic E-state index is 11.3. The summed E-state index contributed by atoms with van der Waals surface area (Å²) in [6, 6.07) is 0. The first kappa shape index (κ1) is 14.1. The predicted molar refractivity (Wildman–Crippen MR) is 64.5 cm³/mol. The van der Waals surface area contributed by atoms with E-state index in [2.05, 4.69) is 17.0 Å². The maximum Gasteiger partial charge on any atom is 0.307 e. The summed E-state index contributed by atoms with van der Waals surface area (Å²) < 4.78 is 5.19. The molecule has 0 aliphatic carbocycles. The van der Waals surface area contributed by atoms with Crippen molar-refractivity contribution < 1.29 is 9.53 Å². The molecule has 1 N–H and O–H groups in total. The van der Waals surface area contributed by atoms with Crippen LogP contribution in [-0.2, 0) is 9.53 Å². The highest BCUT2D eigenvalue weighted by Gasteiger charge is 2.21. The van der Waals surface area contributed by atoms with Gasteiger partial charge in [-0.05, 0) is 44.2 Å². The molecule has 5 heteroatoms. The minimum Gasteiger partial charge on any atom is -0.448 e. The Bertz CT molecular complexity index is 174. The van der Waals surface area contributed by atoms with Crippen LogP contribution >= 0.6 is 22.5 Å². The molecule has 0 aliphatic heterocycles. The van der Waals surface area contributed by atoms with Crippen molar-refractivity contribution in [3.63, 3.8) is 0 Å². The Labute approximate surface area is 95.2 Å². The van der Waals surface area contributed by atoms with E-state index in [0.717, 1.165) is 19.5 Å². The number of carbonyl (C=O) groups excluding carboxylic acids is 1. The molecule has 0 spiro atoms. The van der Waals surface area contributed by atoms with Gasteiger partial charge in [-0.1, -0.05) is 6.92 Å². The molecular weight excluding hydrogens is 218 g/mol. The lowest BCUT2D eigenvalue weighted by Gasteiger charge is -2.21. The zero-order valence-electron chi connectivity index (χ0n) is 9.00. The van der Waals surface area contributed by atoms with Gasteiger partial charge in [0.25, 0.3) is 0 Å². The van der Waals surface area contributed by atoms with E-state index in [9.17, 15) is 4.79 Å². The molecule has 14 heavy (non-hydrogen) atoms. The van der Waals surface area contributed by atoms with Crippen LogP contribution in [0.15, 0.2) is 0 Å². The van der Waals surface area contributed by atoms with Crippen molar-refractivity contribution >= 4 is 28.4 Å². The first-order valence-corrected chi connectivity index (χ1v) is 6.64. The van der Waals surface area contributed by atoms with E-state index >= 15 is 0 Å². The van der Waals surface area contributed by atoms with Crippen molar-refractivity contribution in [3.05, 3.63) is 0 Å². The fourth-order valence-corrected chi connectivity index (χ4v) is 1.12. The number of hydrogen-bond acceptors (Lipinski definition) is 5. The average Bonchev–Trinajstić information content (AvgIpc) is 2.12. The number of esters is 1. The van der Waals surface area contributed by atoms with E-state index in [4.69, 9.17) is 4.74 Å². The number of carbonyl (C=O) groups is 1. The third-order valence-corrected chi connectivity index (χ3v) is 3.41. The lowest BCUT2D eigenvalue weighted by atomic mass is 10.3. The summed E-state index contributed by atoms with van der Waals surface area (Å²) in [5, 5.41) is 3.15. The van der Waals surface area contributed by atoms with Crippen LogP contribution in [0.4, 0.5) is 0 Å². The summed E-state index contributed by atoms with van der Waals surface area (Å²) in [5.74, 6) is -0.158. The molecule has 3 nitrogen and oxygen atoms in total. The minimum absolute atomic E-state index is 0.158. The predicted octanol–water partition coefficient (Wildman–Crippen LogP) is 2.23. The van der Waals surface area contributed by atoms with Gasteiger partial charge in [0.15, 0.2) is 4.93 Å². The molecule has 0 bridgehead atoms. The van der Waals surface area contributed by atoms with E-state index < -0.39 is 4.93 Å². The van der Waals surface area contributed by atoms with Crippen LogP contribution in [0.3, 0.4) is 0 Å². The molecule has 0 saturated heterocycles. The normalized spacial score (nSPS) is 11.4. The highest BCUT2D eigenvalue weighted by molar-refractivity contribution is 8.69. The van der Waals surface area contributed by atoms with Crippen LogP contribution in [0.25, 0.3) is 0 Å². The van der Waals surface area contributed by atoms with E-state index in [1.807, 2.05) is 20.8 Å². The van der Waals surface area contributed by atoms with E-state index in [0.29, 0.717) is 6.42 Å². The van der Waals surface area contributed by atoms with Crippen LogP contribution in [0, 0.1) is 0 Å². The molecule has 0 aromatic rings. The molecule has 84 valence electrons. The van der Waals surface area contributed by atoms with Crippen LogP contribution in [0.2, 0.25) is 0 Å². The molecule has 0 rings (SSSR count). The third kappa shape index (κ3) is 7.53.